The quantitative estimate of drug-likeness (QED) is 0.734. The van der Waals surface area contributed by atoms with Crippen LogP contribution in [-0.2, 0) is 0 Å². The molecule has 0 radical (unpaired) electrons. The van der Waals surface area contributed by atoms with Gasteiger partial charge in [-0.15, -0.1) is 0 Å². The van der Waals surface area contributed by atoms with E-state index in [0.717, 1.165) is 22.0 Å². The number of hydrogen-bond donors (Lipinski definition) is 2. The summed E-state index contributed by atoms with van der Waals surface area (Å²) in [6.07, 6.45) is 0. The van der Waals surface area contributed by atoms with Crippen molar-refractivity contribution in [1.29, 1.82) is 0 Å². The van der Waals surface area contributed by atoms with Gasteiger partial charge in [0.1, 0.15) is 5.69 Å². The fourth-order valence-electron chi connectivity index (χ4n) is 2.07. The van der Waals surface area contributed by atoms with Gasteiger partial charge >= 0.3 is 5.97 Å². The highest BCUT2D eigenvalue weighted by molar-refractivity contribution is 6.30. The molecule has 0 bridgehead atoms. The zero-order valence-electron chi connectivity index (χ0n) is 9.85. The van der Waals surface area contributed by atoms with Crippen molar-refractivity contribution in [3.63, 3.8) is 0 Å². The topological polar surface area (TPSA) is 53.1 Å². The number of aromatic carboxylic acids is 1. The Bertz CT molecular complexity index is 759. The molecular weight excluding hydrogens is 262 g/mol. The second-order valence-corrected chi connectivity index (χ2v) is 4.73. The molecule has 3 aromatic rings. The van der Waals surface area contributed by atoms with Crippen molar-refractivity contribution in [2.75, 3.05) is 0 Å². The summed E-state index contributed by atoms with van der Waals surface area (Å²) >= 11 is 5.86. The first-order valence-electron chi connectivity index (χ1n) is 5.75. The Balaban J connectivity index is 2.10. The monoisotopic (exact) mass is 271 g/mol. The van der Waals surface area contributed by atoms with Crippen molar-refractivity contribution in [3.8, 4) is 11.1 Å². The maximum absolute atomic E-state index is 10.9. The molecular formula is C15H10ClNO2. The van der Waals surface area contributed by atoms with Crippen LogP contribution in [0.2, 0.25) is 5.02 Å². The summed E-state index contributed by atoms with van der Waals surface area (Å²) in [6.45, 7) is 0. The lowest BCUT2D eigenvalue weighted by Crippen LogP contribution is -1.94. The van der Waals surface area contributed by atoms with Crippen LogP contribution in [0.3, 0.4) is 0 Å². The molecule has 3 nitrogen and oxygen atoms in total. The van der Waals surface area contributed by atoms with Crippen molar-refractivity contribution in [2.45, 2.75) is 0 Å². The summed E-state index contributed by atoms with van der Waals surface area (Å²) in [6, 6.07) is 15.0. The zero-order chi connectivity index (χ0) is 13.4. The Hall–Kier alpha value is -2.26. The molecule has 1 aromatic heterocycles. The first kappa shape index (κ1) is 11.8. The Morgan fingerprint density at radius 3 is 2.37 bits per heavy atom. The third-order valence-corrected chi connectivity index (χ3v) is 3.28. The predicted molar refractivity (Wildman–Crippen MR) is 75.7 cm³/mol. The molecule has 0 atom stereocenters. The van der Waals surface area contributed by atoms with Crippen LogP contribution in [0.5, 0.6) is 0 Å². The van der Waals surface area contributed by atoms with Crippen LogP contribution in [0.25, 0.3) is 22.0 Å². The van der Waals surface area contributed by atoms with Gasteiger partial charge in [-0.05, 0) is 41.5 Å². The van der Waals surface area contributed by atoms with Gasteiger partial charge in [-0.1, -0.05) is 29.8 Å². The summed E-state index contributed by atoms with van der Waals surface area (Å²) in [4.78, 5) is 13.8. The molecule has 0 spiro atoms. The van der Waals surface area contributed by atoms with Crippen LogP contribution < -0.4 is 0 Å². The van der Waals surface area contributed by atoms with Gasteiger partial charge in [-0.2, -0.15) is 0 Å². The second-order valence-electron chi connectivity index (χ2n) is 4.30. The molecule has 0 aliphatic heterocycles. The molecule has 19 heavy (non-hydrogen) atoms. The average molecular weight is 272 g/mol. The molecule has 1 heterocycles. The lowest BCUT2D eigenvalue weighted by Gasteiger charge is -2.02. The standard InChI is InChI=1S/C15H10ClNO2/c16-12-4-1-9(2-5-12)10-3-6-13-11(7-10)8-14(17-13)15(18)19/h1-8,17H,(H,18,19). The number of aromatic amines is 1. The number of aromatic nitrogens is 1. The molecule has 2 aromatic carbocycles. The number of nitrogens with one attached hydrogen (secondary N) is 1. The van der Waals surface area contributed by atoms with Crippen LogP contribution in [0, 0.1) is 0 Å². The second kappa shape index (κ2) is 4.44. The van der Waals surface area contributed by atoms with Crippen LogP contribution >= 0.6 is 11.6 Å². The van der Waals surface area contributed by atoms with Gasteiger partial charge in [0.25, 0.3) is 0 Å². The molecule has 0 amide bonds. The number of fused-ring (bicyclic) bond motifs is 1. The summed E-state index contributed by atoms with van der Waals surface area (Å²) in [7, 11) is 0. The molecule has 94 valence electrons. The number of hydrogen-bond acceptors (Lipinski definition) is 1. The number of carboxylic acids is 1. The van der Waals surface area contributed by atoms with Crippen molar-refractivity contribution >= 4 is 28.5 Å². The van der Waals surface area contributed by atoms with E-state index in [-0.39, 0.29) is 5.69 Å². The van der Waals surface area contributed by atoms with Gasteiger partial charge in [-0.25, -0.2) is 4.79 Å². The Morgan fingerprint density at radius 2 is 1.68 bits per heavy atom. The molecule has 0 saturated carbocycles. The highest BCUT2D eigenvalue weighted by Crippen LogP contribution is 2.26. The average Bonchev–Trinajstić information content (AvgIpc) is 2.82. The fourth-order valence-corrected chi connectivity index (χ4v) is 2.20. The molecule has 2 N–H and O–H groups in total. The van der Waals surface area contributed by atoms with E-state index in [4.69, 9.17) is 16.7 Å². The van der Waals surface area contributed by atoms with Gasteiger partial charge in [-0.3, -0.25) is 0 Å². The number of rotatable bonds is 2. The Kier molecular flexibility index (Phi) is 2.76. The highest BCUT2D eigenvalue weighted by atomic mass is 35.5. The number of carbonyl (C=O) groups is 1. The van der Waals surface area contributed by atoms with Gasteiger partial charge in [0.05, 0.1) is 0 Å². The van der Waals surface area contributed by atoms with Crippen LogP contribution in [-0.4, -0.2) is 16.1 Å². The molecule has 0 aliphatic rings. The molecule has 0 aliphatic carbocycles. The third-order valence-electron chi connectivity index (χ3n) is 3.03. The summed E-state index contributed by atoms with van der Waals surface area (Å²) < 4.78 is 0. The minimum absolute atomic E-state index is 0.197. The van der Waals surface area contributed by atoms with Crippen LogP contribution in [0.4, 0.5) is 0 Å². The smallest absolute Gasteiger partial charge is 0.352 e. The number of benzene rings is 2. The summed E-state index contributed by atoms with van der Waals surface area (Å²) in [5, 5.41) is 10.5. The van der Waals surface area contributed by atoms with Gasteiger partial charge in [0, 0.05) is 15.9 Å². The number of halogens is 1. The zero-order valence-corrected chi connectivity index (χ0v) is 10.6. The lowest BCUT2D eigenvalue weighted by molar-refractivity contribution is 0.0691. The van der Waals surface area contributed by atoms with Gasteiger partial charge in [0.15, 0.2) is 0 Å². The summed E-state index contributed by atoms with van der Waals surface area (Å²) in [5.74, 6) is -0.954. The first-order valence-corrected chi connectivity index (χ1v) is 6.13. The van der Waals surface area contributed by atoms with E-state index in [0.29, 0.717) is 5.02 Å². The molecule has 0 unspecified atom stereocenters. The van der Waals surface area contributed by atoms with E-state index < -0.39 is 5.97 Å². The van der Waals surface area contributed by atoms with E-state index in [1.165, 1.54) is 0 Å². The molecule has 3 rings (SSSR count). The van der Waals surface area contributed by atoms with E-state index in [9.17, 15) is 4.79 Å². The lowest BCUT2D eigenvalue weighted by atomic mass is 10.0. The first-order chi connectivity index (χ1) is 9.13. The van der Waals surface area contributed by atoms with Crippen molar-refractivity contribution in [3.05, 3.63) is 59.2 Å². The maximum atomic E-state index is 10.9. The third kappa shape index (κ3) is 2.20. The van der Waals surface area contributed by atoms with E-state index >= 15 is 0 Å². The van der Waals surface area contributed by atoms with Gasteiger partial charge in [0.2, 0.25) is 0 Å². The van der Waals surface area contributed by atoms with E-state index in [1.807, 2.05) is 42.5 Å². The maximum Gasteiger partial charge on any atom is 0.352 e. The predicted octanol–water partition coefficient (Wildman–Crippen LogP) is 4.19. The molecule has 0 fully saturated rings. The molecule has 4 heteroatoms. The normalized spacial score (nSPS) is 10.8. The highest BCUT2D eigenvalue weighted by Gasteiger charge is 2.08. The van der Waals surface area contributed by atoms with Gasteiger partial charge < -0.3 is 10.1 Å². The fraction of sp³-hybridized carbons (Fsp3) is 0. The minimum Gasteiger partial charge on any atom is -0.477 e. The Morgan fingerprint density at radius 1 is 1.00 bits per heavy atom. The van der Waals surface area contributed by atoms with E-state index in [2.05, 4.69) is 4.98 Å². The van der Waals surface area contributed by atoms with Crippen molar-refractivity contribution in [1.82, 2.24) is 4.98 Å². The SMILES string of the molecule is O=C(O)c1cc2cc(-c3ccc(Cl)cc3)ccc2[nH]1. The van der Waals surface area contributed by atoms with Crippen molar-refractivity contribution in [2.24, 2.45) is 0 Å². The number of carboxylic acid groups (broad SMARTS) is 1. The minimum atomic E-state index is -0.954. The molecule has 0 saturated heterocycles. The summed E-state index contributed by atoms with van der Waals surface area (Å²) in [5.41, 5.74) is 3.09. The van der Waals surface area contributed by atoms with Crippen LogP contribution in [0.15, 0.2) is 48.5 Å². The van der Waals surface area contributed by atoms with Crippen molar-refractivity contribution < 1.29 is 9.90 Å². The Labute approximate surface area is 114 Å². The largest absolute Gasteiger partial charge is 0.477 e. The van der Waals surface area contributed by atoms with E-state index in [1.54, 1.807) is 6.07 Å². The number of H-pyrrole nitrogens is 1. The van der Waals surface area contributed by atoms with Crippen LogP contribution in [0.1, 0.15) is 10.5 Å².